The van der Waals surface area contributed by atoms with Crippen molar-refractivity contribution in [3.8, 4) is 11.5 Å². The predicted molar refractivity (Wildman–Crippen MR) is 99.5 cm³/mol. The van der Waals surface area contributed by atoms with Crippen molar-refractivity contribution in [2.45, 2.75) is 43.8 Å². The molecule has 3 rings (SSSR count). The van der Waals surface area contributed by atoms with Crippen LogP contribution in [0.15, 0.2) is 24.3 Å². The molecule has 28 heavy (non-hydrogen) atoms. The van der Waals surface area contributed by atoms with Gasteiger partial charge in [0.1, 0.15) is 0 Å². The van der Waals surface area contributed by atoms with Gasteiger partial charge < -0.3 is 18.9 Å². The minimum atomic E-state index is -1.59. The van der Waals surface area contributed by atoms with Crippen LogP contribution < -0.4 is 15.0 Å². The van der Waals surface area contributed by atoms with E-state index in [4.69, 9.17) is 19.0 Å². The Morgan fingerprint density at radius 3 is 2.54 bits per heavy atom. The molecule has 1 aliphatic carbocycles. The maximum atomic E-state index is 12.3. The third-order valence-corrected chi connectivity index (χ3v) is 4.96. The summed E-state index contributed by atoms with van der Waals surface area (Å²) in [6, 6.07) is 5.43. The fourth-order valence-corrected chi connectivity index (χ4v) is 3.42. The van der Waals surface area contributed by atoms with Crippen molar-refractivity contribution < 1.29 is 33.4 Å². The summed E-state index contributed by atoms with van der Waals surface area (Å²) in [5.74, 6) is -0.0388. The van der Waals surface area contributed by atoms with Crippen molar-refractivity contribution >= 4 is 17.6 Å². The van der Waals surface area contributed by atoms with Crippen molar-refractivity contribution in [2.24, 2.45) is 0 Å². The SMILES string of the molecule is COC(=O)CC1(C(=O)OC)C=C(c2ccc(OC)c(OC3CCCC3)c2)NO1. The highest BCUT2D eigenvalue weighted by Crippen LogP contribution is 2.36. The number of benzene rings is 1. The van der Waals surface area contributed by atoms with Gasteiger partial charge in [-0.15, -0.1) is 0 Å². The van der Waals surface area contributed by atoms with Gasteiger partial charge >= 0.3 is 11.9 Å². The standard InChI is InChI=1S/C20H25NO7/c1-24-16-9-8-13(10-17(16)27-14-6-4-5-7-14)15-11-20(28-21-15,19(23)26-3)12-18(22)25-2/h8-11,14,21H,4-7,12H2,1-3H3. The summed E-state index contributed by atoms with van der Waals surface area (Å²) < 4.78 is 21.0. The second-order valence-corrected chi connectivity index (χ2v) is 6.79. The van der Waals surface area contributed by atoms with Crippen molar-refractivity contribution in [1.29, 1.82) is 0 Å². The van der Waals surface area contributed by atoms with Crippen LogP contribution >= 0.6 is 0 Å². The first kappa shape index (κ1) is 20.0. The normalized spacial score (nSPS) is 21.6. The van der Waals surface area contributed by atoms with Gasteiger partial charge in [0.15, 0.2) is 11.5 Å². The smallest absolute Gasteiger partial charge is 0.345 e. The minimum absolute atomic E-state index is 0.166. The molecule has 152 valence electrons. The number of hydrogen-bond donors (Lipinski definition) is 1. The zero-order valence-electron chi connectivity index (χ0n) is 16.3. The second-order valence-electron chi connectivity index (χ2n) is 6.79. The van der Waals surface area contributed by atoms with E-state index in [2.05, 4.69) is 10.2 Å². The molecule has 1 saturated carbocycles. The fourth-order valence-electron chi connectivity index (χ4n) is 3.42. The van der Waals surface area contributed by atoms with Gasteiger partial charge in [0.2, 0.25) is 5.60 Å². The summed E-state index contributed by atoms with van der Waals surface area (Å²) in [4.78, 5) is 29.5. The van der Waals surface area contributed by atoms with Gasteiger partial charge in [0.25, 0.3) is 0 Å². The topological polar surface area (TPSA) is 92.3 Å². The molecule has 0 spiro atoms. The highest BCUT2D eigenvalue weighted by atomic mass is 16.7. The molecule has 8 nitrogen and oxygen atoms in total. The lowest BCUT2D eigenvalue weighted by Gasteiger charge is -2.20. The van der Waals surface area contributed by atoms with Crippen LogP contribution in [0.25, 0.3) is 5.70 Å². The summed E-state index contributed by atoms with van der Waals surface area (Å²) in [5.41, 5.74) is 2.38. The molecule has 1 aliphatic heterocycles. The number of hydroxylamine groups is 1. The van der Waals surface area contributed by atoms with Gasteiger partial charge in [-0.1, -0.05) is 0 Å². The molecule has 0 saturated heterocycles. The lowest BCUT2D eigenvalue weighted by atomic mass is 9.97. The number of methoxy groups -OCH3 is 3. The second kappa shape index (κ2) is 8.52. The maximum Gasteiger partial charge on any atom is 0.345 e. The molecular weight excluding hydrogens is 366 g/mol. The molecule has 0 radical (unpaired) electrons. The number of rotatable bonds is 7. The van der Waals surface area contributed by atoms with Gasteiger partial charge in [-0.25, -0.2) is 4.79 Å². The Morgan fingerprint density at radius 2 is 1.89 bits per heavy atom. The minimum Gasteiger partial charge on any atom is -0.493 e. The number of esters is 2. The molecule has 1 unspecified atom stereocenters. The van der Waals surface area contributed by atoms with Crippen LogP contribution in [-0.4, -0.2) is 45.0 Å². The van der Waals surface area contributed by atoms with E-state index in [1.165, 1.54) is 20.3 Å². The average Bonchev–Trinajstić information content (AvgIpc) is 3.38. The third-order valence-electron chi connectivity index (χ3n) is 4.96. The Balaban J connectivity index is 1.90. The van der Waals surface area contributed by atoms with Crippen LogP contribution in [0.5, 0.6) is 11.5 Å². The van der Waals surface area contributed by atoms with Gasteiger partial charge in [0, 0.05) is 5.56 Å². The first-order valence-electron chi connectivity index (χ1n) is 9.18. The Bertz CT molecular complexity index is 770. The summed E-state index contributed by atoms with van der Waals surface area (Å²) in [5, 5.41) is 0. The fraction of sp³-hybridized carbons (Fsp3) is 0.500. The average molecular weight is 391 g/mol. The molecule has 2 aliphatic rings. The van der Waals surface area contributed by atoms with Gasteiger partial charge in [-0.05, 0) is 50.0 Å². The first-order chi connectivity index (χ1) is 13.5. The summed E-state index contributed by atoms with van der Waals surface area (Å²) >= 11 is 0. The quantitative estimate of drug-likeness (QED) is 0.709. The number of hydrogen-bond acceptors (Lipinski definition) is 8. The lowest BCUT2D eigenvalue weighted by molar-refractivity contribution is -0.172. The molecule has 0 bridgehead atoms. The van der Waals surface area contributed by atoms with E-state index in [1.54, 1.807) is 13.2 Å². The van der Waals surface area contributed by atoms with E-state index in [-0.39, 0.29) is 12.5 Å². The van der Waals surface area contributed by atoms with Crippen LogP contribution in [0.2, 0.25) is 0 Å². The summed E-state index contributed by atoms with van der Waals surface area (Å²) in [7, 11) is 4.07. The summed E-state index contributed by atoms with van der Waals surface area (Å²) in [6.07, 6.45) is 5.72. The molecule has 1 N–H and O–H groups in total. The largest absolute Gasteiger partial charge is 0.493 e. The molecule has 1 aromatic carbocycles. The monoisotopic (exact) mass is 391 g/mol. The number of carbonyl (C=O) groups is 2. The van der Waals surface area contributed by atoms with Crippen LogP contribution in [0.1, 0.15) is 37.7 Å². The Morgan fingerprint density at radius 1 is 1.14 bits per heavy atom. The molecule has 1 atom stereocenters. The zero-order chi connectivity index (χ0) is 20.1. The number of nitrogens with one attached hydrogen (secondary N) is 1. The van der Waals surface area contributed by atoms with Gasteiger partial charge in [-0.2, -0.15) is 0 Å². The van der Waals surface area contributed by atoms with Crippen molar-refractivity contribution in [1.82, 2.24) is 5.48 Å². The van der Waals surface area contributed by atoms with Crippen molar-refractivity contribution in [2.75, 3.05) is 21.3 Å². The van der Waals surface area contributed by atoms with E-state index in [9.17, 15) is 9.59 Å². The zero-order valence-corrected chi connectivity index (χ0v) is 16.3. The molecule has 8 heteroatoms. The van der Waals surface area contributed by atoms with Crippen LogP contribution in [0.3, 0.4) is 0 Å². The van der Waals surface area contributed by atoms with Crippen molar-refractivity contribution in [3.05, 3.63) is 29.8 Å². The van der Waals surface area contributed by atoms with Gasteiger partial charge in [-0.3, -0.25) is 15.1 Å². The number of carbonyl (C=O) groups excluding carboxylic acids is 2. The molecule has 1 heterocycles. The van der Waals surface area contributed by atoms with Crippen LogP contribution in [0, 0.1) is 0 Å². The van der Waals surface area contributed by atoms with Gasteiger partial charge in [0.05, 0.1) is 39.6 Å². The van der Waals surface area contributed by atoms with E-state index in [0.717, 1.165) is 31.2 Å². The molecule has 0 aromatic heterocycles. The highest BCUT2D eigenvalue weighted by Gasteiger charge is 2.46. The highest BCUT2D eigenvalue weighted by molar-refractivity contribution is 5.91. The number of ether oxygens (including phenoxy) is 4. The van der Waals surface area contributed by atoms with Crippen molar-refractivity contribution in [3.63, 3.8) is 0 Å². The van der Waals surface area contributed by atoms with Crippen LogP contribution in [-0.2, 0) is 23.9 Å². The Labute approximate surface area is 163 Å². The molecule has 1 aromatic rings. The predicted octanol–water partition coefficient (Wildman–Crippen LogP) is 2.37. The van der Waals surface area contributed by atoms with E-state index in [1.807, 2.05) is 12.1 Å². The Hall–Kier alpha value is -2.74. The van der Waals surface area contributed by atoms with Crippen LogP contribution in [0.4, 0.5) is 0 Å². The van der Waals surface area contributed by atoms with E-state index < -0.39 is 17.5 Å². The van der Waals surface area contributed by atoms with E-state index in [0.29, 0.717) is 17.2 Å². The molecule has 1 fully saturated rings. The molecule has 0 amide bonds. The lowest BCUT2D eigenvalue weighted by Crippen LogP contribution is -2.42. The first-order valence-corrected chi connectivity index (χ1v) is 9.18. The van der Waals surface area contributed by atoms with E-state index >= 15 is 0 Å². The maximum absolute atomic E-state index is 12.3. The third kappa shape index (κ3) is 4.06. The summed E-state index contributed by atoms with van der Waals surface area (Å²) in [6.45, 7) is 0. The molecular formula is C20H25NO7. The Kier molecular flexibility index (Phi) is 6.08.